The van der Waals surface area contributed by atoms with E-state index < -0.39 is 0 Å². The summed E-state index contributed by atoms with van der Waals surface area (Å²) in [6.07, 6.45) is 0. The van der Waals surface area contributed by atoms with Crippen molar-refractivity contribution >= 4 is 37.6 Å². The maximum Gasteiger partial charge on any atom is 0.195 e. The fraction of sp³-hybridized carbons (Fsp3) is 0. The van der Waals surface area contributed by atoms with Gasteiger partial charge in [0.1, 0.15) is 12.1 Å². The van der Waals surface area contributed by atoms with E-state index in [0.29, 0.717) is 14.5 Å². The largest absolute Gasteiger partial charge is 0.289 e. The molecule has 2 aromatic rings. The maximum absolute atomic E-state index is 12.6. The Hall–Kier alpha value is -1.95. The van der Waals surface area contributed by atoms with Crippen LogP contribution in [-0.4, -0.2) is 5.78 Å². The molecule has 3 nitrogen and oxygen atoms in total. The highest BCUT2D eigenvalue weighted by Gasteiger charge is 2.22. The number of nitriles is 2. The molecular weight excluding hydrogens is 384 g/mol. The second kappa shape index (κ2) is 6.00. The van der Waals surface area contributed by atoms with E-state index in [9.17, 15) is 10.1 Å². The molecule has 0 saturated heterocycles. The second-order valence-electron chi connectivity index (χ2n) is 3.89. The summed E-state index contributed by atoms with van der Waals surface area (Å²) in [6.45, 7) is 0. The predicted molar refractivity (Wildman–Crippen MR) is 81.1 cm³/mol. The van der Waals surface area contributed by atoms with Crippen molar-refractivity contribution in [2.45, 2.75) is 0 Å². The molecule has 0 saturated carbocycles. The van der Waals surface area contributed by atoms with Crippen LogP contribution in [0.3, 0.4) is 0 Å². The summed E-state index contributed by atoms with van der Waals surface area (Å²) in [5.41, 5.74) is 0.912. The Kier molecular flexibility index (Phi) is 4.34. The van der Waals surface area contributed by atoms with Gasteiger partial charge in [-0.15, -0.1) is 0 Å². The molecule has 0 aliphatic rings. The number of rotatable bonds is 2. The molecule has 0 heterocycles. The van der Waals surface area contributed by atoms with E-state index in [1.165, 1.54) is 6.07 Å². The fourth-order valence-electron chi connectivity index (χ4n) is 1.78. The van der Waals surface area contributed by atoms with E-state index in [4.69, 9.17) is 5.26 Å². The minimum atomic E-state index is -0.299. The number of benzene rings is 2. The molecular formula is C15H6Br2N2O. The van der Waals surface area contributed by atoms with Crippen LogP contribution in [0, 0.1) is 22.7 Å². The van der Waals surface area contributed by atoms with Gasteiger partial charge in [-0.05, 0) is 37.9 Å². The lowest BCUT2D eigenvalue weighted by atomic mass is 9.96. The van der Waals surface area contributed by atoms with Gasteiger partial charge in [0.25, 0.3) is 0 Å². The minimum absolute atomic E-state index is 0.0800. The molecule has 0 aliphatic heterocycles. The Balaban J connectivity index is 2.75. The first-order valence-corrected chi connectivity index (χ1v) is 7.10. The Morgan fingerprint density at radius 3 is 2.25 bits per heavy atom. The van der Waals surface area contributed by atoms with Crippen molar-refractivity contribution in [3.63, 3.8) is 0 Å². The smallest absolute Gasteiger partial charge is 0.195 e. The van der Waals surface area contributed by atoms with Gasteiger partial charge in [-0.3, -0.25) is 4.79 Å². The van der Waals surface area contributed by atoms with E-state index in [1.54, 1.807) is 30.3 Å². The molecule has 0 bridgehead atoms. The van der Waals surface area contributed by atoms with Gasteiger partial charge in [-0.2, -0.15) is 10.5 Å². The van der Waals surface area contributed by atoms with Gasteiger partial charge < -0.3 is 0 Å². The summed E-state index contributed by atoms with van der Waals surface area (Å²) in [5, 5.41) is 18.3. The number of hydrogen-bond donors (Lipinski definition) is 0. The lowest BCUT2D eigenvalue weighted by Crippen LogP contribution is -2.07. The van der Waals surface area contributed by atoms with Gasteiger partial charge in [0.2, 0.25) is 0 Å². The third-order valence-electron chi connectivity index (χ3n) is 2.71. The average molecular weight is 390 g/mol. The van der Waals surface area contributed by atoms with Crippen molar-refractivity contribution in [2.24, 2.45) is 0 Å². The highest BCUT2D eigenvalue weighted by molar-refractivity contribution is 9.13. The van der Waals surface area contributed by atoms with E-state index in [2.05, 4.69) is 31.9 Å². The van der Waals surface area contributed by atoms with Gasteiger partial charge in [-0.1, -0.05) is 30.3 Å². The highest BCUT2D eigenvalue weighted by Crippen LogP contribution is 2.33. The Morgan fingerprint density at radius 1 is 1.05 bits per heavy atom. The van der Waals surface area contributed by atoms with E-state index in [-0.39, 0.29) is 22.5 Å². The molecule has 2 rings (SSSR count). The Bertz CT molecular complexity index is 771. The summed E-state index contributed by atoms with van der Waals surface area (Å²) in [4.78, 5) is 12.6. The molecule has 0 aromatic heterocycles. The summed E-state index contributed by atoms with van der Waals surface area (Å²) in [5.74, 6) is -0.299. The average Bonchev–Trinajstić information content (AvgIpc) is 2.49. The van der Waals surface area contributed by atoms with E-state index in [0.717, 1.165) is 0 Å². The first kappa shape index (κ1) is 14.5. The van der Waals surface area contributed by atoms with Gasteiger partial charge >= 0.3 is 0 Å². The van der Waals surface area contributed by atoms with E-state index >= 15 is 0 Å². The van der Waals surface area contributed by atoms with Gasteiger partial charge in [-0.25, -0.2) is 0 Å². The topological polar surface area (TPSA) is 64.7 Å². The van der Waals surface area contributed by atoms with Crippen LogP contribution < -0.4 is 0 Å². The van der Waals surface area contributed by atoms with Crippen LogP contribution in [0.5, 0.6) is 0 Å². The van der Waals surface area contributed by atoms with Crippen molar-refractivity contribution in [3.05, 3.63) is 67.6 Å². The Morgan fingerprint density at radius 2 is 1.70 bits per heavy atom. The molecule has 0 spiro atoms. The number of ketones is 1. The molecule has 5 heteroatoms. The predicted octanol–water partition coefficient (Wildman–Crippen LogP) is 4.19. The zero-order valence-corrected chi connectivity index (χ0v) is 13.2. The molecule has 0 N–H and O–H groups in total. The summed E-state index contributed by atoms with van der Waals surface area (Å²) >= 11 is 6.59. The number of nitrogens with zero attached hydrogens (tertiary/aromatic N) is 2. The van der Waals surface area contributed by atoms with Crippen LogP contribution >= 0.6 is 31.9 Å². The van der Waals surface area contributed by atoms with Crippen LogP contribution in [0.15, 0.2) is 45.3 Å². The number of halogens is 2. The first-order chi connectivity index (χ1) is 9.60. The molecule has 2 aromatic carbocycles. The van der Waals surface area contributed by atoms with Crippen molar-refractivity contribution in [3.8, 4) is 12.1 Å². The molecule has 0 amide bonds. The fourth-order valence-corrected chi connectivity index (χ4v) is 2.70. The van der Waals surface area contributed by atoms with Crippen LogP contribution in [0.2, 0.25) is 0 Å². The van der Waals surface area contributed by atoms with Crippen LogP contribution in [0.1, 0.15) is 27.0 Å². The lowest BCUT2D eigenvalue weighted by Gasteiger charge is -2.09. The molecule has 0 unspecified atom stereocenters. The summed E-state index contributed by atoms with van der Waals surface area (Å²) in [7, 11) is 0. The van der Waals surface area contributed by atoms with Crippen LogP contribution in [0.4, 0.5) is 0 Å². The van der Waals surface area contributed by atoms with E-state index in [1.807, 2.05) is 12.1 Å². The molecule has 96 valence electrons. The normalized spacial score (nSPS) is 9.60. The van der Waals surface area contributed by atoms with Crippen molar-refractivity contribution in [1.82, 2.24) is 0 Å². The van der Waals surface area contributed by atoms with Crippen LogP contribution in [-0.2, 0) is 0 Å². The number of carbonyl (C=O) groups excluding carboxylic acids is 1. The summed E-state index contributed by atoms with van der Waals surface area (Å²) < 4.78 is 1.04. The van der Waals surface area contributed by atoms with Gasteiger partial charge in [0.15, 0.2) is 5.78 Å². The lowest BCUT2D eigenvalue weighted by molar-refractivity contribution is 0.103. The SMILES string of the molecule is N#Cc1cc(Br)c(Br)c(C(=O)c2ccccc2)c1C#N. The molecule has 0 radical (unpaired) electrons. The number of hydrogen-bond acceptors (Lipinski definition) is 3. The molecule has 0 fully saturated rings. The van der Waals surface area contributed by atoms with Crippen molar-refractivity contribution < 1.29 is 4.79 Å². The van der Waals surface area contributed by atoms with Crippen molar-refractivity contribution in [1.29, 1.82) is 10.5 Å². The van der Waals surface area contributed by atoms with Gasteiger partial charge in [0, 0.05) is 14.5 Å². The highest BCUT2D eigenvalue weighted by atomic mass is 79.9. The third-order valence-corrected chi connectivity index (χ3v) is 4.70. The zero-order chi connectivity index (χ0) is 14.7. The first-order valence-electron chi connectivity index (χ1n) is 5.52. The molecule has 0 atom stereocenters. The zero-order valence-electron chi connectivity index (χ0n) is 10.0. The molecule has 0 aliphatic carbocycles. The molecule has 20 heavy (non-hydrogen) atoms. The standard InChI is InChI=1S/C15H6Br2N2O/c16-12-6-10(7-18)11(8-19)13(14(12)17)15(20)9-4-2-1-3-5-9/h1-6H. The monoisotopic (exact) mass is 388 g/mol. The van der Waals surface area contributed by atoms with Crippen molar-refractivity contribution in [2.75, 3.05) is 0 Å². The quantitative estimate of drug-likeness (QED) is 0.723. The number of carbonyl (C=O) groups is 1. The summed E-state index contributed by atoms with van der Waals surface area (Å²) in [6, 6.07) is 14.0. The van der Waals surface area contributed by atoms with Gasteiger partial charge in [0.05, 0.1) is 16.7 Å². The second-order valence-corrected chi connectivity index (χ2v) is 5.54. The maximum atomic E-state index is 12.6. The Labute approximate surface area is 132 Å². The third kappa shape index (κ3) is 2.51. The van der Waals surface area contributed by atoms with Crippen LogP contribution in [0.25, 0.3) is 0 Å². The minimum Gasteiger partial charge on any atom is -0.289 e.